The van der Waals surface area contributed by atoms with Gasteiger partial charge in [-0.05, 0) is 49.5 Å². The molecule has 0 radical (unpaired) electrons. The van der Waals surface area contributed by atoms with Crippen LogP contribution in [0.5, 0.6) is 0 Å². The third-order valence-corrected chi connectivity index (χ3v) is 5.45. The number of carbonyl (C=O) groups is 2. The summed E-state index contributed by atoms with van der Waals surface area (Å²) in [6.45, 7) is 5.62. The van der Waals surface area contributed by atoms with Crippen molar-refractivity contribution in [2.75, 3.05) is 24.5 Å². The molecule has 1 atom stereocenters. The van der Waals surface area contributed by atoms with Crippen LogP contribution in [-0.4, -0.2) is 51.5 Å². The van der Waals surface area contributed by atoms with Crippen molar-refractivity contribution in [1.29, 1.82) is 0 Å². The molecule has 7 nitrogen and oxygen atoms in total. The standard InChI is InChI=1S/C20H23N5O2/c1-2-18(26)25-11-5-8-15-16(7-3-9-17(15)25)20(27)24-10-4-6-14(12-24)19-21-13-22-23-19/h2-3,7,9,13-14H,1,4-6,8,10-12H2,(H,21,22,23). The first-order valence-corrected chi connectivity index (χ1v) is 9.39. The molecular formula is C20H23N5O2. The van der Waals surface area contributed by atoms with Gasteiger partial charge in [-0.2, -0.15) is 5.10 Å². The molecule has 7 heteroatoms. The maximum atomic E-state index is 13.3. The van der Waals surface area contributed by atoms with E-state index >= 15 is 0 Å². The van der Waals surface area contributed by atoms with Crippen LogP contribution in [0, 0.1) is 0 Å². The highest BCUT2D eigenvalue weighted by Crippen LogP contribution is 2.32. The molecule has 1 unspecified atom stereocenters. The van der Waals surface area contributed by atoms with Crippen molar-refractivity contribution in [2.45, 2.75) is 31.6 Å². The van der Waals surface area contributed by atoms with Gasteiger partial charge in [0.05, 0.1) is 0 Å². The average molecular weight is 365 g/mol. The largest absolute Gasteiger partial charge is 0.338 e. The first-order valence-electron chi connectivity index (χ1n) is 9.39. The van der Waals surface area contributed by atoms with Crippen LogP contribution >= 0.6 is 0 Å². The monoisotopic (exact) mass is 365 g/mol. The molecule has 1 saturated heterocycles. The molecule has 1 N–H and O–H groups in total. The van der Waals surface area contributed by atoms with E-state index in [9.17, 15) is 9.59 Å². The maximum absolute atomic E-state index is 13.3. The van der Waals surface area contributed by atoms with Crippen molar-refractivity contribution in [1.82, 2.24) is 20.1 Å². The van der Waals surface area contributed by atoms with Crippen LogP contribution in [0.1, 0.15) is 46.9 Å². The van der Waals surface area contributed by atoms with Crippen molar-refractivity contribution in [3.63, 3.8) is 0 Å². The van der Waals surface area contributed by atoms with Crippen molar-refractivity contribution >= 4 is 17.5 Å². The highest BCUT2D eigenvalue weighted by molar-refractivity contribution is 6.04. The molecule has 1 aromatic heterocycles. The van der Waals surface area contributed by atoms with Crippen LogP contribution in [0.3, 0.4) is 0 Å². The molecule has 1 aromatic carbocycles. The van der Waals surface area contributed by atoms with Gasteiger partial charge >= 0.3 is 0 Å². The number of likely N-dealkylation sites (tertiary alicyclic amines) is 1. The number of amides is 2. The van der Waals surface area contributed by atoms with Crippen LogP contribution in [0.15, 0.2) is 37.2 Å². The fraction of sp³-hybridized carbons (Fsp3) is 0.400. The summed E-state index contributed by atoms with van der Waals surface area (Å²) in [6.07, 6.45) is 6.42. The summed E-state index contributed by atoms with van der Waals surface area (Å²) in [6, 6.07) is 5.65. The summed E-state index contributed by atoms with van der Waals surface area (Å²) < 4.78 is 0. The summed E-state index contributed by atoms with van der Waals surface area (Å²) in [7, 11) is 0. The Balaban J connectivity index is 1.61. The van der Waals surface area contributed by atoms with Crippen LogP contribution in [0.25, 0.3) is 0 Å². The maximum Gasteiger partial charge on any atom is 0.254 e. The Bertz CT molecular complexity index is 861. The van der Waals surface area contributed by atoms with E-state index in [0.29, 0.717) is 18.7 Å². The minimum absolute atomic E-state index is 0.0315. The van der Waals surface area contributed by atoms with Gasteiger partial charge in [0, 0.05) is 36.8 Å². The van der Waals surface area contributed by atoms with E-state index < -0.39 is 0 Å². The smallest absolute Gasteiger partial charge is 0.254 e. The second-order valence-electron chi connectivity index (χ2n) is 7.06. The lowest BCUT2D eigenvalue weighted by atomic mass is 9.93. The fourth-order valence-corrected chi connectivity index (χ4v) is 4.13. The zero-order valence-corrected chi connectivity index (χ0v) is 15.2. The van der Waals surface area contributed by atoms with Gasteiger partial charge in [-0.15, -0.1) is 0 Å². The fourth-order valence-electron chi connectivity index (χ4n) is 4.13. The number of aromatic amines is 1. The number of anilines is 1. The molecule has 140 valence electrons. The van der Waals surface area contributed by atoms with Gasteiger partial charge in [0.25, 0.3) is 5.91 Å². The van der Waals surface area contributed by atoms with E-state index in [1.807, 2.05) is 23.1 Å². The number of piperidine rings is 1. The molecular weight excluding hydrogens is 342 g/mol. The number of carbonyl (C=O) groups excluding carboxylic acids is 2. The third kappa shape index (κ3) is 3.25. The molecule has 2 amide bonds. The normalized spacial score (nSPS) is 19.5. The quantitative estimate of drug-likeness (QED) is 0.846. The highest BCUT2D eigenvalue weighted by atomic mass is 16.2. The summed E-state index contributed by atoms with van der Waals surface area (Å²) >= 11 is 0. The molecule has 2 aromatic rings. The molecule has 3 heterocycles. The molecule has 0 spiro atoms. The van der Waals surface area contributed by atoms with Gasteiger partial charge in [-0.1, -0.05) is 12.6 Å². The number of nitrogens with one attached hydrogen (secondary N) is 1. The average Bonchev–Trinajstić information content (AvgIpc) is 3.27. The molecule has 2 aliphatic heterocycles. The number of H-pyrrole nitrogens is 1. The first kappa shape index (κ1) is 17.5. The number of fused-ring (bicyclic) bond motifs is 1. The van der Waals surface area contributed by atoms with Crippen LogP contribution in [0.4, 0.5) is 5.69 Å². The second kappa shape index (κ2) is 7.34. The van der Waals surface area contributed by atoms with Crippen LogP contribution in [-0.2, 0) is 11.2 Å². The van der Waals surface area contributed by atoms with Gasteiger partial charge in [0.2, 0.25) is 5.91 Å². The molecule has 0 aliphatic carbocycles. The van der Waals surface area contributed by atoms with E-state index in [1.54, 1.807) is 4.90 Å². The number of rotatable bonds is 3. The minimum Gasteiger partial charge on any atom is -0.338 e. The van der Waals surface area contributed by atoms with Gasteiger partial charge < -0.3 is 9.80 Å². The Hall–Kier alpha value is -2.96. The second-order valence-corrected chi connectivity index (χ2v) is 7.06. The Kier molecular flexibility index (Phi) is 4.75. The van der Waals surface area contributed by atoms with Gasteiger partial charge in [0.1, 0.15) is 12.2 Å². The minimum atomic E-state index is -0.121. The lowest BCUT2D eigenvalue weighted by molar-refractivity contribution is -0.114. The number of aromatic nitrogens is 3. The van der Waals surface area contributed by atoms with Crippen molar-refractivity contribution in [3.8, 4) is 0 Å². The number of nitrogens with zero attached hydrogens (tertiary/aromatic N) is 4. The van der Waals surface area contributed by atoms with Crippen LogP contribution < -0.4 is 4.90 Å². The van der Waals surface area contributed by atoms with E-state index in [1.165, 1.54) is 12.4 Å². The van der Waals surface area contributed by atoms with Crippen molar-refractivity contribution in [2.24, 2.45) is 0 Å². The Morgan fingerprint density at radius 2 is 2.15 bits per heavy atom. The summed E-state index contributed by atoms with van der Waals surface area (Å²) in [4.78, 5) is 33.4. The summed E-state index contributed by atoms with van der Waals surface area (Å²) in [5.41, 5.74) is 2.50. The lowest BCUT2D eigenvalue weighted by Crippen LogP contribution is -2.40. The zero-order chi connectivity index (χ0) is 18.8. The number of hydrogen-bond donors (Lipinski definition) is 1. The SMILES string of the molecule is C=CC(=O)N1CCCc2c(C(=O)N3CCCC(c4ncn[nH]4)C3)cccc21. The van der Waals surface area contributed by atoms with Crippen molar-refractivity contribution < 1.29 is 9.59 Å². The predicted octanol–water partition coefficient (Wildman–Crippen LogP) is 2.29. The van der Waals surface area contributed by atoms with E-state index in [-0.39, 0.29) is 17.7 Å². The zero-order valence-electron chi connectivity index (χ0n) is 15.2. The molecule has 4 rings (SSSR count). The third-order valence-electron chi connectivity index (χ3n) is 5.45. The Morgan fingerprint density at radius 1 is 1.26 bits per heavy atom. The molecule has 2 aliphatic rings. The Morgan fingerprint density at radius 3 is 2.93 bits per heavy atom. The van der Waals surface area contributed by atoms with Gasteiger partial charge in [-0.3, -0.25) is 14.7 Å². The molecule has 1 fully saturated rings. The highest BCUT2D eigenvalue weighted by Gasteiger charge is 2.30. The molecule has 0 bridgehead atoms. The van der Waals surface area contributed by atoms with E-state index in [2.05, 4.69) is 21.8 Å². The molecule has 0 saturated carbocycles. The molecule has 27 heavy (non-hydrogen) atoms. The van der Waals surface area contributed by atoms with Crippen LogP contribution in [0.2, 0.25) is 0 Å². The topological polar surface area (TPSA) is 82.2 Å². The summed E-state index contributed by atoms with van der Waals surface area (Å²) in [5, 5.41) is 6.86. The van der Waals surface area contributed by atoms with E-state index in [4.69, 9.17) is 0 Å². The Labute approximate surface area is 158 Å². The first-order chi connectivity index (χ1) is 13.2. The van der Waals surface area contributed by atoms with Gasteiger partial charge in [-0.25, -0.2) is 4.98 Å². The predicted molar refractivity (Wildman–Crippen MR) is 102 cm³/mol. The summed E-state index contributed by atoms with van der Waals surface area (Å²) in [5.74, 6) is 0.932. The van der Waals surface area contributed by atoms with Crippen molar-refractivity contribution in [3.05, 3.63) is 54.1 Å². The van der Waals surface area contributed by atoms with E-state index in [0.717, 1.165) is 49.3 Å². The van der Waals surface area contributed by atoms with Gasteiger partial charge in [0.15, 0.2) is 0 Å². The number of hydrogen-bond acceptors (Lipinski definition) is 4. The number of benzene rings is 1. The lowest BCUT2D eigenvalue weighted by Gasteiger charge is -2.34.